The Morgan fingerprint density at radius 3 is 2.94 bits per heavy atom. The molecular weight excluding hydrogens is 228 g/mol. The highest BCUT2D eigenvalue weighted by atomic mass is 16.5. The summed E-state index contributed by atoms with van der Waals surface area (Å²) < 4.78 is 5.82. The second-order valence-electron chi connectivity index (χ2n) is 5.97. The van der Waals surface area contributed by atoms with Crippen molar-refractivity contribution >= 4 is 0 Å². The molecule has 0 bridgehead atoms. The SMILES string of the molecule is CC(C)N1CCOC(CNC2CCCC2CO)C1. The maximum absolute atomic E-state index is 9.31. The van der Waals surface area contributed by atoms with Gasteiger partial charge in [-0.1, -0.05) is 6.42 Å². The number of nitrogens with one attached hydrogen (secondary N) is 1. The van der Waals surface area contributed by atoms with Crippen LogP contribution in [0.25, 0.3) is 0 Å². The molecule has 4 heteroatoms. The highest BCUT2D eigenvalue weighted by Crippen LogP contribution is 2.25. The van der Waals surface area contributed by atoms with Crippen LogP contribution in [-0.4, -0.2) is 61.0 Å². The zero-order valence-corrected chi connectivity index (χ0v) is 11.8. The van der Waals surface area contributed by atoms with Gasteiger partial charge in [-0.25, -0.2) is 0 Å². The van der Waals surface area contributed by atoms with E-state index in [1.807, 2.05) is 0 Å². The lowest BCUT2D eigenvalue weighted by Gasteiger charge is -2.36. The molecule has 0 spiro atoms. The lowest BCUT2D eigenvalue weighted by molar-refractivity contribution is -0.0387. The van der Waals surface area contributed by atoms with Crippen LogP contribution in [-0.2, 0) is 4.74 Å². The summed E-state index contributed by atoms with van der Waals surface area (Å²) in [6.45, 7) is 8.66. The minimum Gasteiger partial charge on any atom is -0.396 e. The number of morpholine rings is 1. The summed E-state index contributed by atoms with van der Waals surface area (Å²) in [4.78, 5) is 2.48. The molecule has 0 amide bonds. The van der Waals surface area contributed by atoms with E-state index in [2.05, 4.69) is 24.1 Å². The van der Waals surface area contributed by atoms with Crippen molar-refractivity contribution in [3.8, 4) is 0 Å². The molecule has 0 radical (unpaired) electrons. The Kier molecular flexibility index (Phi) is 5.42. The number of ether oxygens (including phenoxy) is 1. The molecule has 2 aliphatic rings. The Hall–Kier alpha value is -0.160. The Bertz CT molecular complexity index is 248. The molecule has 2 fully saturated rings. The van der Waals surface area contributed by atoms with Gasteiger partial charge in [-0.15, -0.1) is 0 Å². The molecule has 1 saturated heterocycles. The standard InChI is InChI=1S/C14H28N2O2/c1-11(2)16-6-7-18-13(9-16)8-15-14-5-3-4-12(14)10-17/h11-15,17H,3-10H2,1-2H3. The maximum Gasteiger partial charge on any atom is 0.0826 e. The first-order valence-corrected chi connectivity index (χ1v) is 7.40. The number of hydrogen-bond donors (Lipinski definition) is 2. The van der Waals surface area contributed by atoms with Crippen LogP contribution in [0.2, 0.25) is 0 Å². The highest BCUT2D eigenvalue weighted by molar-refractivity contribution is 4.84. The minimum atomic E-state index is 0.307. The molecule has 0 aromatic rings. The van der Waals surface area contributed by atoms with E-state index in [1.165, 1.54) is 12.8 Å². The first-order chi connectivity index (χ1) is 8.70. The molecule has 18 heavy (non-hydrogen) atoms. The van der Waals surface area contributed by atoms with E-state index in [-0.39, 0.29) is 0 Å². The average Bonchev–Trinajstić information content (AvgIpc) is 2.84. The summed E-state index contributed by atoms with van der Waals surface area (Å²) in [7, 11) is 0. The summed E-state index contributed by atoms with van der Waals surface area (Å²) in [6, 6.07) is 1.10. The van der Waals surface area contributed by atoms with Gasteiger partial charge in [0.05, 0.1) is 12.7 Å². The molecule has 106 valence electrons. The van der Waals surface area contributed by atoms with Gasteiger partial charge in [-0.05, 0) is 32.6 Å². The zero-order valence-electron chi connectivity index (χ0n) is 11.8. The van der Waals surface area contributed by atoms with E-state index in [1.54, 1.807) is 0 Å². The number of aliphatic hydroxyl groups is 1. The topological polar surface area (TPSA) is 44.7 Å². The first kappa shape index (κ1) is 14.3. The van der Waals surface area contributed by atoms with Crippen molar-refractivity contribution in [2.24, 2.45) is 5.92 Å². The predicted molar refractivity (Wildman–Crippen MR) is 72.7 cm³/mol. The summed E-state index contributed by atoms with van der Waals surface area (Å²) in [5.41, 5.74) is 0. The van der Waals surface area contributed by atoms with Crippen LogP contribution >= 0.6 is 0 Å². The van der Waals surface area contributed by atoms with E-state index in [9.17, 15) is 5.11 Å². The number of hydrogen-bond acceptors (Lipinski definition) is 4. The van der Waals surface area contributed by atoms with E-state index >= 15 is 0 Å². The van der Waals surface area contributed by atoms with Crippen molar-refractivity contribution in [2.75, 3.05) is 32.8 Å². The number of rotatable bonds is 5. The fraction of sp³-hybridized carbons (Fsp3) is 1.00. The van der Waals surface area contributed by atoms with Crippen molar-refractivity contribution in [3.05, 3.63) is 0 Å². The largest absolute Gasteiger partial charge is 0.396 e. The van der Waals surface area contributed by atoms with E-state index in [0.29, 0.717) is 30.7 Å². The second-order valence-corrected chi connectivity index (χ2v) is 5.97. The van der Waals surface area contributed by atoms with E-state index in [0.717, 1.165) is 32.7 Å². The van der Waals surface area contributed by atoms with Gasteiger partial charge in [-0.3, -0.25) is 4.90 Å². The predicted octanol–water partition coefficient (Wildman–Crippen LogP) is 0.846. The van der Waals surface area contributed by atoms with Crippen LogP contribution < -0.4 is 5.32 Å². The van der Waals surface area contributed by atoms with Crippen LogP contribution in [0, 0.1) is 5.92 Å². The van der Waals surface area contributed by atoms with Gasteiger partial charge in [0.15, 0.2) is 0 Å². The van der Waals surface area contributed by atoms with Gasteiger partial charge in [0.2, 0.25) is 0 Å². The molecule has 2 N–H and O–H groups in total. The van der Waals surface area contributed by atoms with E-state index < -0.39 is 0 Å². The van der Waals surface area contributed by atoms with Crippen molar-refractivity contribution in [1.29, 1.82) is 0 Å². The van der Waals surface area contributed by atoms with Gasteiger partial charge in [0.25, 0.3) is 0 Å². The molecule has 2 rings (SSSR count). The summed E-state index contributed by atoms with van der Waals surface area (Å²) >= 11 is 0. The molecule has 4 nitrogen and oxygen atoms in total. The number of nitrogens with zero attached hydrogens (tertiary/aromatic N) is 1. The monoisotopic (exact) mass is 256 g/mol. The van der Waals surface area contributed by atoms with Gasteiger partial charge in [0, 0.05) is 38.3 Å². The van der Waals surface area contributed by atoms with Crippen molar-refractivity contribution < 1.29 is 9.84 Å². The molecule has 1 saturated carbocycles. The Morgan fingerprint density at radius 2 is 2.22 bits per heavy atom. The lowest BCUT2D eigenvalue weighted by atomic mass is 10.0. The van der Waals surface area contributed by atoms with Crippen molar-refractivity contribution in [3.63, 3.8) is 0 Å². The smallest absolute Gasteiger partial charge is 0.0826 e. The molecule has 3 unspecified atom stereocenters. The van der Waals surface area contributed by atoms with Crippen LogP contribution in [0.3, 0.4) is 0 Å². The summed E-state index contributed by atoms with van der Waals surface area (Å²) in [5.74, 6) is 0.454. The van der Waals surface area contributed by atoms with Crippen LogP contribution in [0.15, 0.2) is 0 Å². The average molecular weight is 256 g/mol. The van der Waals surface area contributed by atoms with Crippen LogP contribution in [0.4, 0.5) is 0 Å². The molecule has 0 aromatic heterocycles. The Balaban J connectivity index is 1.72. The second kappa shape index (κ2) is 6.85. The third-order valence-corrected chi connectivity index (χ3v) is 4.40. The summed E-state index contributed by atoms with van der Waals surface area (Å²) in [5, 5.41) is 12.9. The molecule has 1 heterocycles. The van der Waals surface area contributed by atoms with Crippen LogP contribution in [0.5, 0.6) is 0 Å². The number of aliphatic hydroxyl groups excluding tert-OH is 1. The first-order valence-electron chi connectivity index (χ1n) is 7.40. The quantitative estimate of drug-likeness (QED) is 0.765. The molecular formula is C14H28N2O2. The fourth-order valence-electron chi connectivity index (χ4n) is 3.14. The maximum atomic E-state index is 9.31. The zero-order chi connectivity index (χ0) is 13.0. The van der Waals surface area contributed by atoms with E-state index in [4.69, 9.17) is 4.74 Å². The molecule has 0 aromatic carbocycles. The lowest BCUT2D eigenvalue weighted by Crippen LogP contribution is -2.50. The third kappa shape index (κ3) is 3.67. The van der Waals surface area contributed by atoms with Gasteiger partial charge in [0.1, 0.15) is 0 Å². The van der Waals surface area contributed by atoms with Gasteiger partial charge in [-0.2, -0.15) is 0 Å². The Labute approximate surface area is 111 Å². The van der Waals surface area contributed by atoms with Crippen LogP contribution in [0.1, 0.15) is 33.1 Å². The molecule has 1 aliphatic heterocycles. The fourth-order valence-corrected chi connectivity index (χ4v) is 3.14. The molecule has 1 aliphatic carbocycles. The minimum absolute atomic E-state index is 0.307. The summed E-state index contributed by atoms with van der Waals surface area (Å²) in [6.07, 6.45) is 3.91. The molecule has 3 atom stereocenters. The van der Waals surface area contributed by atoms with Gasteiger partial charge >= 0.3 is 0 Å². The van der Waals surface area contributed by atoms with Gasteiger partial charge < -0.3 is 15.2 Å². The highest BCUT2D eigenvalue weighted by Gasteiger charge is 2.28. The Morgan fingerprint density at radius 1 is 1.39 bits per heavy atom. The van der Waals surface area contributed by atoms with Crippen molar-refractivity contribution in [1.82, 2.24) is 10.2 Å². The third-order valence-electron chi connectivity index (χ3n) is 4.40. The normalized spacial score (nSPS) is 34.3. The van der Waals surface area contributed by atoms with Crippen molar-refractivity contribution in [2.45, 2.75) is 51.3 Å².